The maximum Gasteiger partial charge on any atom is 0.262 e. The molecule has 0 atom stereocenters. The molecule has 178 valence electrons. The number of aromatic nitrogens is 1. The van der Waals surface area contributed by atoms with Crippen molar-refractivity contribution in [3.05, 3.63) is 102 Å². The summed E-state index contributed by atoms with van der Waals surface area (Å²) < 4.78 is 28.6. The van der Waals surface area contributed by atoms with Gasteiger partial charge in [0, 0.05) is 35.9 Å². The monoisotopic (exact) mass is 487 g/mol. The molecule has 0 saturated carbocycles. The SMILES string of the molecule is O=C(c1ccc(NS(=O)(=O)c2cccc3ncccc23)cc1)N1CCC(O)(c2ccccc2)CC1. The van der Waals surface area contributed by atoms with Gasteiger partial charge >= 0.3 is 0 Å². The summed E-state index contributed by atoms with van der Waals surface area (Å²) in [7, 11) is -3.85. The van der Waals surface area contributed by atoms with Crippen LogP contribution in [0.1, 0.15) is 28.8 Å². The zero-order valence-corrected chi connectivity index (χ0v) is 19.8. The minimum atomic E-state index is -3.85. The number of pyridine rings is 1. The van der Waals surface area contributed by atoms with Crippen LogP contribution in [0, 0.1) is 0 Å². The van der Waals surface area contributed by atoms with Crippen LogP contribution in [-0.2, 0) is 15.6 Å². The lowest BCUT2D eigenvalue weighted by atomic mass is 9.84. The minimum absolute atomic E-state index is 0.141. The van der Waals surface area contributed by atoms with Crippen LogP contribution >= 0.6 is 0 Å². The summed E-state index contributed by atoms with van der Waals surface area (Å²) >= 11 is 0. The highest BCUT2D eigenvalue weighted by atomic mass is 32.2. The van der Waals surface area contributed by atoms with Crippen molar-refractivity contribution < 1.29 is 18.3 Å². The number of aliphatic hydroxyl groups is 1. The molecule has 35 heavy (non-hydrogen) atoms. The summed E-state index contributed by atoms with van der Waals surface area (Å²) in [6.07, 6.45) is 2.54. The molecule has 1 amide bonds. The van der Waals surface area contributed by atoms with E-state index < -0.39 is 15.6 Å². The molecule has 0 bridgehead atoms. The normalized spacial score (nSPS) is 15.6. The number of fused-ring (bicyclic) bond motifs is 1. The molecule has 1 aliphatic heterocycles. The Kier molecular flexibility index (Phi) is 6.00. The third-order valence-corrected chi connectivity index (χ3v) is 7.91. The predicted octanol–water partition coefficient (Wildman–Crippen LogP) is 4.16. The van der Waals surface area contributed by atoms with E-state index in [1.807, 2.05) is 30.3 Å². The van der Waals surface area contributed by atoms with Gasteiger partial charge in [-0.15, -0.1) is 0 Å². The molecule has 1 aromatic heterocycles. The Bertz CT molecular complexity index is 1460. The van der Waals surface area contributed by atoms with Gasteiger partial charge in [-0.2, -0.15) is 0 Å². The number of nitrogens with zero attached hydrogens (tertiary/aromatic N) is 2. The molecular formula is C27H25N3O4S. The van der Waals surface area contributed by atoms with E-state index >= 15 is 0 Å². The summed E-state index contributed by atoms with van der Waals surface area (Å²) in [5.74, 6) is -0.144. The molecular weight excluding hydrogens is 462 g/mol. The molecule has 8 heteroatoms. The molecule has 0 aliphatic carbocycles. The highest BCUT2D eigenvalue weighted by Crippen LogP contribution is 2.33. The molecule has 5 rings (SSSR count). The van der Waals surface area contributed by atoms with E-state index in [1.165, 1.54) is 6.07 Å². The molecule has 3 aromatic carbocycles. The topological polar surface area (TPSA) is 99.6 Å². The number of likely N-dealkylation sites (tertiary alicyclic amines) is 1. The number of benzene rings is 3. The first-order valence-electron chi connectivity index (χ1n) is 11.4. The third kappa shape index (κ3) is 4.62. The number of carbonyl (C=O) groups excluding carboxylic acids is 1. The Labute approximate surface area is 204 Å². The summed E-state index contributed by atoms with van der Waals surface area (Å²) in [4.78, 5) is 19.1. The second kappa shape index (κ2) is 9.13. The number of sulfonamides is 1. The average Bonchev–Trinajstić information content (AvgIpc) is 2.89. The fourth-order valence-electron chi connectivity index (χ4n) is 4.50. The standard InChI is InChI=1S/C27H25N3O4S/c31-26(30-18-15-27(32,16-19-30)21-6-2-1-3-7-21)20-11-13-22(14-12-20)29-35(33,34)25-10-4-9-24-23(25)8-5-17-28-24/h1-14,17,29,32H,15-16,18-19H2. The molecule has 1 saturated heterocycles. The lowest BCUT2D eigenvalue weighted by Crippen LogP contribution is -2.45. The zero-order valence-electron chi connectivity index (χ0n) is 19.0. The minimum Gasteiger partial charge on any atom is -0.385 e. The molecule has 0 unspecified atom stereocenters. The van der Waals surface area contributed by atoms with E-state index in [0.717, 1.165) is 5.56 Å². The van der Waals surface area contributed by atoms with Crippen molar-refractivity contribution in [1.82, 2.24) is 9.88 Å². The zero-order chi connectivity index (χ0) is 24.5. The molecule has 1 fully saturated rings. The van der Waals surface area contributed by atoms with Crippen LogP contribution in [0.4, 0.5) is 5.69 Å². The lowest BCUT2D eigenvalue weighted by Gasteiger charge is -2.38. The largest absolute Gasteiger partial charge is 0.385 e. The van der Waals surface area contributed by atoms with Gasteiger partial charge < -0.3 is 10.0 Å². The summed E-state index contributed by atoms with van der Waals surface area (Å²) in [6.45, 7) is 0.876. The second-order valence-corrected chi connectivity index (χ2v) is 10.3. The Morgan fingerprint density at radius 3 is 2.31 bits per heavy atom. The molecule has 7 nitrogen and oxygen atoms in total. The molecule has 0 spiro atoms. The van der Waals surface area contributed by atoms with E-state index in [2.05, 4.69) is 9.71 Å². The van der Waals surface area contributed by atoms with Crippen molar-refractivity contribution in [2.75, 3.05) is 17.8 Å². The van der Waals surface area contributed by atoms with Gasteiger partial charge in [0.2, 0.25) is 0 Å². The van der Waals surface area contributed by atoms with Gasteiger partial charge in [0.05, 0.1) is 16.0 Å². The van der Waals surface area contributed by atoms with Crippen LogP contribution in [0.2, 0.25) is 0 Å². The van der Waals surface area contributed by atoms with Gasteiger partial charge in [-0.25, -0.2) is 8.42 Å². The smallest absolute Gasteiger partial charge is 0.262 e. The average molecular weight is 488 g/mol. The van der Waals surface area contributed by atoms with Crippen LogP contribution in [-0.4, -0.2) is 42.4 Å². The highest BCUT2D eigenvalue weighted by Gasteiger charge is 2.35. The number of nitrogens with one attached hydrogen (secondary N) is 1. The van der Waals surface area contributed by atoms with Crippen LogP contribution in [0.5, 0.6) is 0 Å². The third-order valence-electron chi connectivity index (χ3n) is 6.47. The van der Waals surface area contributed by atoms with Crippen LogP contribution in [0.25, 0.3) is 10.9 Å². The first-order chi connectivity index (χ1) is 16.9. The van der Waals surface area contributed by atoms with Crippen molar-refractivity contribution in [1.29, 1.82) is 0 Å². The number of rotatable bonds is 5. The van der Waals surface area contributed by atoms with Gasteiger partial charge in [0.25, 0.3) is 15.9 Å². The quantitative estimate of drug-likeness (QED) is 0.440. The maximum atomic E-state index is 13.0. The molecule has 2 N–H and O–H groups in total. The van der Waals surface area contributed by atoms with Crippen molar-refractivity contribution >= 4 is 32.5 Å². The van der Waals surface area contributed by atoms with Gasteiger partial charge in [-0.1, -0.05) is 36.4 Å². The summed E-state index contributed by atoms with van der Waals surface area (Å²) in [5.41, 5.74) is 1.35. The number of hydrogen-bond acceptors (Lipinski definition) is 5. The van der Waals surface area contributed by atoms with Crippen LogP contribution in [0.3, 0.4) is 0 Å². The van der Waals surface area contributed by atoms with Gasteiger partial charge in [-0.05, 0) is 66.9 Å². The van der Waals surface area contributed by atoms with Crippen LogP contribution in [0.15, 0.2) is 96.0 Å². The van der Waals surface area contributed by atoms with E-state index in [0.29, 0.717) is 48.1 Å². The number of piperidine rings is 1. The van der Waals surface area contributed by atoms with E-state index in [-0.39, 0.29) is 10.8 Å². The Balaban J connectivity index is 1.27. The molecule has 4 aromatic rings. The number of carbonyl (C=O) groups is 1. The van der Waals surface area contributed by atoms with Gasteiger partial charge in [0.1, 0.15) is 0 Å². The fourth-order valence-corrected chi connectivity index (χ4v) is 5.78. The van der Waals surface area contributed by atoms with Crippen LogP contribution < -0.4 is 4.72 Å². The number of hydrogen-bond donors (Lipinski definition) is 2. The molecule has 0 radical (unpaired) electrons. The number of anilines is 1. The van der Waals surface area contributed by atoms with Crippen molar-refractivity contribution in [3.63, 3.8) is 0 Å². The summed E-state index contributed by atoms with van der Waals surface area (Å²) in [6, 6.07) is 24.3. The lowest BCUT2D eigenvalue weighted by molar-refractivity contribution is -0.0211. The van der Waals surface area contributed by atoms with Crippen molar-refractivity contribution in [2.24, 2.45) is 0 Å². The Morgan fingerprint density at radius 2 is 1.60 bits per heavy atom. The van der Waals surface area contributed by atoms with Gasteiger partial charge in [-0.3, -0.25) is 14.5 Å². The number of amides is 1. The summed E-state index contributed by atoms with van der Waals surface area (Å²) in [5, 5.41) is 11.5. The maximum absolute atomic E-state index is 13.0. The Morgan fingerprint density at radius 1 is 0.886 bits per heavy atom. The van der Waals surface area contributed by atoms with Crippen molar-refractivity contribution in [2.45, 2.75) is 23.3 Å². The van der Waals surface area contributed by atoms with E-state index in [4.69, 9.17) is 0 Å². The fraction of sp³-hybridized carbons (Fsp3) is 0.185. The highest BCUT2D eigenvalue weighted by molar-refractivity contribution is 7.93. The van der Waals surface area contributed by atoms with E-state index in [1.54, 1.807) is 59.6 Å². The second-order valence-electron chi connectivity index (χ2n) is 8.70. The Hall–Kier alpha value is -3.75. The van der Waals surface area contributed by atoms with E-state index in [9.17, 15) is 18.3 Å². The predicted molar refractivity (Wildman–Crippen MR) is 134 cm³/mol. The molecule has 2 heterocycles. The first kappa shape index (κ1) is 23.0. The first-order valence-corrected chi connectivity index (χ1v) is 12.9. The van der Waals surface area contributed by atoms with Crippen molar-refractivity contribution in [3.8, 4) is 0 Å². The molecule has 1 aliphatic rings. The van der Waals surface area contributed by atoms with Gasteiger partial charge in [0.15, 0.2) is 0 Å².